The zero-order chi connectivity index (χ0) is 19.9. The first-order valence-corrected chi connectivity index (χ1v) is 8.70. The molecule has 0 aliphatic rings. The van der Waals surface area contributed by atoms with Crippen LogP contribution < -0.4 is 10.1 Å². The van der Waals surface area contributed by atoms with Crippen molar-refractivity contribution in [3.8, 4) is 5.75 Å². The summed E-state index contributed by atoms with van der Waals surface area (Å²) in [6.45, 7) is 0.670. The number of ether oxygens (including phenoxy) is 2. The molecule has 3 aromatic carbocycles. The van der Waals surface area contributed by atoms with E-state index in [-0.39, 0.29) is 12.4 Å². The molecular weight excluding hydrogens is 358 g/mol. The van der Waals surface area contributed by atoms with E-state index in [0.29, 0.717) is 17.0 Å². The van der Waals surface area contributed by atoms with E-state index in [1.165, 1.54) is 6.92 Å². The van der Waals surface area contributed by atoms with Gasteiger partial charge in [0.2, 0.25) is 0 Å². The predicted molar refractivity (Wildman–Crippen MR) is 105 cm³/mol. The SMILES string of the molecule is CC(=O)c1cccc(OCC(=O)OCC(=O)Nc2cccc3ccccc23)c1. The maximum absolute atomic E-state index is 12.1. The van der Waals surface area contributed by atoms with Gasteiger partial charge in [0.05, 0.1) is 0 Å². The number of anilines is 1. The summed E-state index contributed by atoms with van der Waals surface area (Å²) in [5.74, 6) is -0.840. The van der Waals surface area contributed by atoms with Gasteiger partial charge in [-0.15, -0.1) is 0 Å². The Balaban J connectivity index is 1.50. The van der Waals surface area contributed by atoms with Crippen LogP contribution in [0.1, 0.15) is 17.3 Å². The summed E-state index contributed by atoms with van der Waals surface area (Å²) in [7, 11) is 0. The number of benzene rings is 3. The van der Waals surface area contributed by atoms with Crippen LogP contribution in [0.4, 0.5) is 5.69 Å². The number of Topliss-reactive ketones (excluding diaryl/α,β-unsaturated/α-hetero) is 1. The van der Waals surface area contributed by atoms with Crippen molar-refractivity contribution < 1.29 is 23.9 Å². The molecular formula is C22H19NO5. The van der Waals surface area contributed by atoms with Crippen molar-refractivity contribution in [1.29, 1.82) is 0 Å². The Morgan fingerprint density at radius 1 is 0.893 bits per heavy atom. The van der Waals surface area contributed by atoms with Gasteiger partial charge in [0.15, 0.2) is 19.0 Å². The molecule has 0 heterocycles. The van der Waals surface area contributed by atoms with Crippen LogP contribution >= 0.6 is 0 Å². The van der Waals surface area contributed by atoms with Gasteiger partial charge in [-0.1, -0.05) is 48.5 Å². The summed E-state index contributed by atoms with van der Waals surface area (Å²) in [6, 6.07) is 19.7. The van der Waals surface area contributed by atoms with Gasteiger partial charge in [-0.25, -0.2) is 4.79 Å². The van der Waals surface area contributed by atoms with Crippen LogP contribution in [0.5, 0.6) is 5.75 Å². The number of hydrogen-bond acceptors (Lipinski definition) is 5. The van der Waals surface area contributed by atoms with E-state index in [1.807, 2.05) is 36.4 Å². The molecule has 0 radical (unpaired) electrons. The van der Waals surface area contributed by atoms with Gasteiger partial charge >= 0.3 is 5.97 Å². The van der Waals surface area contributed by atoms with E-state index in [0.717, 1.165) is 10.8 Å². The second kappa shape index (κ2) is 8.81. The van der Waals surface area contributed by atoms with E-state index in [2.05, 4.69) is 5.32 Å². The first kappa shape index (κ1) is 19.1. The number of amides is 1. The molecule has 3 rings (SSSR count). The third kappa shape index (κ3) is 4.94. The second-order valence-corrected chi connectivity index (χ2v) is 6.11. The number of carbonyl (C=O) groups excluding carboxylic acids is 3. The van der Waals surface area contributed by atoms with Crippen molar-refractivity contribution in [2.75, 3.05) is 18.5 Å². The Morgan fingerprint density at radius 2 is 1.64 bits per heavy atom. The molecule has 1 amide bonds. The molecule has 6 heteroatoms. The molecule has 0 aliphatic heterocycles. The van der Waals surface area contributed by atoms with Crippen LogP contribution in [0.15, 0.2) is 66.7 Å². The van der Waals surface area contributed by atoms with Crippen LogP contribution in [-0.4, -0.2) is 30.9 Å². The Kier molecular flexibility index (Phi) is 6.01. The minimum Gasteiger partial charge on any atom is -0.482 e. The molecule has 0 aromatic heterocycles. The van der Waals surface area contributed by atoms with Crippen molar-refractivity contribution in [3.63, 3.8) is 0 Å². The van der Waals surface area contributed by atoms with E-state index < -0.39 is 18.5 Å². The Morgan fingerprint density at radius 3 is 2.46 bits per heavy atom. The number of fused-ring (bicyclic) bond motifs is 1. The minimum atomic E-state index is -0.679. The number of rotatable bonds is 7. The Labute approximate surface area is 162 Å². The molecule has 0 aliphatic carbocycles. The maximum Gasteiger partial charge on any atom is 0.344 e. The van der Waals surface area contributed by atoms with Gasteiger partial charge in [-0.2, -0.15) is 0 Å². The number of hydrogen-bond donors (Lipinski definition) is 1. The van der Waals surface area contributed by atoms with E-state index in [1.54, 1.807) is 30.3 Å². The fourth-order valence-electron chi connectivity index (χ4n) is 2.66. The Hall–Kier alpha value is -3.67. The lowest BCUT2D eigenvalue weighted by Gasteiger charge is -2.10. The van der Waals surface area contributed by atoms with Crippen molar-refractivity contribution >= 4 is 34.1 Å². The number of carbonyl (C=O) groups is 3. The van der Waals surface area contributed by atoms with Crippen LogP contribution in [0.3, 0.4) is 0 Å². The standard InChI is InChI=1S/C22H19NO5/c1-15(24)17-8-4-9-18(12-17)27-14-22(26)28-13-21(25)23-20-11-5-7-16-6-2-3-10-19(16)20/h2-12H,13-14H2,1H3,(H,23,25). The highest BCUT2D eigenvalue weighted by Crippen LogP contribution is 2.22. The zero-order valence-electron chi connectivity index (χ0n) is 15.3. The lowest BCUT2D eigenvalue weighted by atomic mass is 10.1. The normalized spacial score (nSPS) is 10.3. The third-order valence-electron chi connectivity index (χ3n) is 4.03. The molecule has 1 N–H and O–H groups in total. The van der Waals surface area contributed by atoms with Crippen molar-refractivity contribution in [1.82, 2.24) is 0 Å². The van der Waals surface area contributed by atoms with E-state index >= 15 is 0 Å². The smallest absolute Gasteiger partial charge is 0.344 e. The van der Waals surface area contributed by atoms with Gasteiger partial charge in [0.25, 0.3) is 5.91 Å². The van der Waals surface area contributed by atoms with Gasteiger partial charge in [0, 0.05) is 16.6 Å². The van der Waals surface area contributed by atoms with Gasteiger partial charge in [-0.3, -0.25) is 9.59 Å². The third-order valence-corrected chi connectivity index (χ3v) is 4.03. The fraction of sp³-hybridized carbons (Fsp3) is 0.136. The highest BCUT2D eigenvalue weighted by atomic mass is 16.6. The number of ketones is 1. The van der Waals surface area contributed by atoms with Gasteiger partial charge < -0.3 is 14.8 Å². The average molecular weight is 377 g/mol. The fourth-order valence-corrected chi connectivity index (χ4v) is 2.66. The molecule has 0 saturated heterocycles. The molecule has 28 heavy (non-hydrogen) atoms. The topological polar surface area (TPSA) is 81.7 Å². The summed E-state index contributed by atoms with van der Waals surface area (Å²) in [4.78, 5) is 35.3. The first-order valence-electron chi connectivity index (χ1n) is 8.70. The lowest BCUT2D eigenvalue weighted by Crippen LogP contribution is -2.23. The minimum absolute atomic E-state index is 0.0990. The second-order valence-electron chi connectivity index (χ2n) is 6.11. The van der Waals surface area contributed by atoms with Crippen molar-refractivity contribution in [2.45, 2.75) is 6.92 Å². The zero-order valence-corrected chi connectivity index (χ0v) is 15.3. The molecule has 0 saturated carbocycles. The maximum atomic E-state index is 12.1. The number of nitrogens with one attached hydrogen (secondary N) is 1. The highest BCUT2D eigenvalue weighted by Gasteiger charge is 2.11. The lowest BCUT2D eigenvalue weighted by molar-refractivity contribution is -0.149. The molecule has 0 spiro atoms. The molecule has 0 bridgehead atoms. The van der Waals surface area contributed by atoms with Crippen LogP contribution in [0.2, 0.25) is 0 Å². The van der Waals surface area contributed by atoms with Gasteiger partial charge in [-0.05, 0) is 30.5 Å². The molecule has 142 valence electrons. The Bertz CT molecular complexity index is 1020. The largest absolute Gasteiger partial charge is 0.482 e. The molecule has 0 atom stereocenters. The van der Waals surface area contributed by atoms with Gasteiger partial charge in [0.1, 0.15) is 5.75 Å². The van der Waals surface area contributed by atoms with E-state index in [4.69, 9.17) is 9.47 Å². The van der Waals surface area contributed by atoms with E-state index in [9.17, 15) is 14.4 Å². The molecule has 6 nitrogen and oxygen atoms in total. The summed E-state index contributed by atoms with van der Waals surface area (Å²) in [6.07, 6.45) is 0. The molecule has 0 fully saturated rings. The van der Waals surface area contributed by atoms with Crippen molar-refractivity contribution in [3.05, 3.63) is 72.3 Å². The summed E-state index contributed by atoms with van der Waals surface area (Å²) >= 11 is 0. The molecule has 0 unspecified atom stereocenters. The van der Waals surface area contributed by atoms with Crippen molar-refractivity contribution in [2.24, 2.45) is 0 Å². The highest BCUT2D eigenvalue weighted by molar-refractivity contribution is 6.02. The number of esters is 1. The van der Waals surface area contributed by atoms with Crippen LogP contribution in [-0.2, 0) is 14.3 Å². The quantitative estimate of drug-likeness (QED) is 0.502. The van der Waals surface area contributed by atoms with Crippen LogP contribution in [0.25, 0.3) is 10.8 Å². The van der Waals surface area contributed by atoms with Crippen LogP contribution in [0, 0.1) is 0 Å². The first-order chi connectivity index (χ1) is 13.5. The summed E-state index contributed by atoms with van der Waals surface area (Å²) in [5, 5.41) is 4.64. The monoisotopic (exact) mass is 377 g/mol. The summed E-state index contributed by atoms with van der Waals surface area (Å²) in [5.41, 5.74) is 1.14. The summed E-state index contributed by atoms with van der Waals surface area (Å²) < 4.78 is 10.3. The molecule has 3 aromatic rings. The average Bonchev–Trinajstić information content (AvgIpc) is 2.71. The predicted octanol–water partition coefficient (Wildman–Crippen LogP) is 3.60.